The maximum absolute atomic E-state index is 11.8. The maximum Gasteiger partial charge on any atom is 0.341 e. The highest BCUT2D eigenvalue weighted by Gasteiger charge is 2.14. The van der Waals surface area contributed by atoms with Crippen LogP contribution in [0.1, 0.15) is 23.0 Å². The maximum atomic E-state index is 11.8. The summed E-state index contributed by atoms with van der Waals surface area (Å²) in [5, 5.41) is 12.1. The number of imidazole rings is 1. The molecule has 0 atom stereocenters. The lowest BCUT2D eigenvalue weighted by Gasteiger charge is -2.00. The quantitative estimate of drug-likeness (QED) is 0.541. The fourth-order valence-corrected chi connectivity index (χ4v) is 3.73. The van der Waals surface area contributed by atoms with Crippen LogP contribution < -0.4 is 5.32 Å². The molecule has 7 nitrogen and oxygen atoms in total. The Balaban J connectivity index is 1.76. The van der Waals surface area contributed by atoms with Crippen LogP contribution in [0.25, 0.3) is 5.65 Å². The third-order valence-electron chi connectivity index (χ3n) is 3.02. The number of carbonyl (C=O) groups is 1. The van der Waals surface area contributed by atoms with Gasteiger partial charge in [-0.1, -0.05) is 23.1 Å². The van der Waals surface area contributed by atoms with E-state index < -0.39 is 0 Å². The number of nitrogens with zero attached hydrogens (tertiary/aromatic N) is 4. The van der Waals surface area contributed by atoms with Crippen molar-refractivity contribution >= 4 is 39.8 Å². The van der Waals surface area contributed by atoms with Crippen molar-refractivity contribution in [1.82, 2.24) is 19.6 Å². The van der Waals surface area contributed by atoms with Crippen molar-refractivity contribution in [3.05, 3.63) is 35.8 Å². The molecule has 0 aromatic carbocycles. The van der Waals surface area contributed by atoms with Gasteiger partial charge in [0.05, 0.1) is 12.8 Å². The number of hydrogen-bond donors (Lipinski definition) is 1. The van der Waals surface area contributed by atoms with Crippen molar-refractivity contribution in [2.45, 2.75) is 17.0 Å². The average molecular weight is 349 g/mol. The van der Waals surface area contributed by atoms with E-state index in [2.05, 4.69) is 20.5 Å². The molecule has 0 spiro atoms. The smallest absolute Gasteiger partial charge is 0.341 e. The Labute approximate surface area is 141 Å². The number of pyridine rings is 1. The fraction of sp³-hybridized carbons (Fsp3) is 0.286. The van der Waals surface area contributed by atoms with Crippen LogP contribution in [0.2, 0.25) is 0 Å². The van der Waals surface area contributed by atoms with E-state index in [1.54, 1.807) is 23.9 Å². The highest BCUT2D eigenvalue weighted by atomic mass is 32.2. The predicted octanol–water partition coefficient (Wildman–Crippen LogP) is 2.70. The monoisotopic (exact) mass is 349 g/mol. The van der Waals surface area contributed by atoms with Crippen molar-refractivity contribution < 1.29 is 9.53 Å². The summed E-state index contributed by atoms with van der Waals surface area (Å²) in [7, 11) is 1.36. The van der Waals surface area contributed by atoms with Gasteiger partial charge in [-0.15, -0.1) is 10.2 Å². The minimum absolute atomic E-state index is 0.389. The fourth-order valence-electron chi connectivity index (χ4n) is 2.03. The number of aromatic nitrogens is 4. The van der Waals surface area contributed by atoms with Gasteiger partial charge < -0.3 is 14.5 Å². The number of hydrogen-bond acceptors (Lipinski definition) is 8. The number of rotatable bonds is 6. The Bertz CT molecular complexity index is 830. The topological polar surface area (TPSA) is 81.4 Å². The molecule has 120 valence electrons. The van der Waals surface area contributed by atoms with E-state index in [1.807, 2.05) is 23.7 Å². The lowest BCUT2D eigenvalue weighted by molar-refractivity contribution is 0.0602. The van der Waals surface area contributed by atoms with E-state index in [1.165, 1.54) is 18.4 Å². The van der Waals surface area contributed by atoms with Gasteiger partial charge in [-0.25, -0.2) is 9.78 Å². The van der Waals surface area contributed by atoms with Gasteiger partial charge in [0.2, 0.25) is 5.13 Å². The Morgan fingerprint density at radius 1 is 1.48 bits per heavy atom. The van der Waals surface area contributed by atoms with Gasteiger partial charge in [0, 0.05) is 24.7 Å². The summed E-state index contributed by atoms with van der Waals surface area (Å²) in [5.41, 5.74) is 1.92. The third-order valence-corrected chi connectivity index (χ3v) is 5.06. The molecule has 0 fully saturated rings. The van der Waals surface area contributed by atoms with E-state index in [4.69, 9.17) is 4.74 Å². The second-order valence-electron chi connectivity index (χ2n) is 4.57. The number of methoxy groups -OCH3 is 1. The molecule has 3 rings (SSSR count). The Morgan fingerprint density at radius 3 is 3.13 bits per heavy atom. The Hall–Kier alpha value is -2.13. The van der Waals surface area contributed by atoms with Crippen molar-refractivity contribution in [3.8, 4) is 0 Å². The first-order valence-electron chi connectivity index (χ1n) is 6.96. The molecule has 0 aliphatic rings. The normalized spacial score (nSPS) is 10.9. The van der Waals surface area contributed by atoms with Gasteiger partial charge in [0.25, 0.3) is 0 Å². The molecule has 9 heteroatoms. The minimum Gasteiger partial charge on any atom is -0.465 e. The van der Waals surface area contributed by atoms with Crippen LogP contribution in [0.4, 0.5) is 5.13 Å². The van der Waals surface area contributed by atoms with Gasteiger partial charge >= 0.3 is 5.97 Å². The van der Waals surface area contributed by atoms with Crippen LogP contribution in [-0.4, -0.2) is 39.2 Å². The Morgan fingerprint density at radius 2 is 2.35 bits per heavy atom. The average Bonchev–Trinajstić information content (AvgIpc) is 3.18. The number of ether oxygens (including phenoxy) is 1. The van der Waals surface area contributed by atoms with Crippen molar-refractivity contribution in [2.24, 2.45) is 0 Å². The van der Waals surface area contributed by atoms with Crippen LogP contribution in [-0.2, 0) is 10.5 Å². The molecule has 3 heterocycles. The molecule has 1 N–H and O–H groups in total. The zero-order valence-corrected chi connectivity index (χ0v) is 14.3. The number of nitrogens with one attached hydrogen (secondary N) is 1. The molecule has 0 bridgehead atoms. The second-order valence-corrected chi connectivity index (χ2v) is 6.77. The number of esters is 1. The molecule has 0 aliphatic carbocycles. The van der Waals surface area contributed by atoms with Crippen LogP contribution >= 0.6 is 23.1 Å². The summed E-state index contributed by atoms with van der Waals surface area (Å²) in [4.78, 5) is 16.3. The van der Waals surface area contributed by atoms with Crippen molar-refractivity contribution in [2.75, 3.05) is 19.0 Å². The zero-order valence-electron chi connectivity index (χ0n) is 12.6. The number of thioether (sulfide) groups is 1. The zero-order chi connectivity index (χ0) is 16.2. The van der Waals surface area contributed by atoms with Crippen LogP contribution in [0.5, 0.6) is 0 Å². The van der Waals surface area contributed by atoms with Crippen LogP contribution in [0.3, 0.4) is 0 Å². The molecule has 0 unspecified atom stereocenters. The summed E-state index contributed by atoms with van der Waals surface area (Å²) in [5.74, 6) is 0.267. The van der Waals surface area contributed by atoms with Crippen LogP contribution in [0, 0.1) is 0 Å². The number of carbonyl (C=O) groups excluding carboxylic acids is 1. The second kappa shape index (κ2) is 6.97. The van der Waals surface area contributed by atoms with Gasteiger partial charge in [-0.05, 0) is 19.1 Å². The molecule has 0 aliphatic heterocycles. The first kappa shape index (κ1) is 15.8. The van der Waals surface area contributed by atoms with Crippen molar-refractivity contribution in [3.63, 3.8) is 0 Å². The van der Waals surface area contributed by atoms with E-state index in [0.717, 1.165) is 21.7 Å². The van der Waals surface area contributed by atoms with E-state index in [0.29, 0.717) is 17.0 Å². The van der Waals surface area contributed by atoms with Crippen molar-refractivity contribution in [1.29, 1.82) is 0 Å². The Kier molecular flexibility index (Phi) is 4.77. The molecule has 0 saturated carbocycles. The van der Waals surface area contributed by atoms with Gasteiger partial charge in [0.1, 0.15) is 5.56 Å². The lowest BCUT2D eigenvalue weighted by Crippen LogP contribution is -2.03. The summed E-state index contributed by atoms with van der Waals surface area (Å²) < 4.78 is 7.49. The minimum atomic E-state index is -0.389. The highest BCUT2D eigenvalue weighted by molar-refractivity contribution is 8.00. The summed E-state index contributed by atoms with van der Waals surface area (Å²) >= 11 is 3.08. The lowest BCUT2D eigenvalue weighted by atomic mass is 10.3. The SMILES string of the molecule is CCNc1nnc(SCc2cn3cccc(C(=O)OC)c3n2)s1. The first-order chi connectivity index (χ1) is 11.2. The molecule has 23 heavy (non-hydrogen) atoms. The van der Waals surface area contributed by atoms with Crippen LogP contribution in [0.15, 0.2) is 28.9 Å². The molecular formula is C14H15N5O2S2. The summed E-state index contributed by atoms with van der Waals surface area (Å²) in [6.07, 6.45) is 3.76. The largest absolute Gasteiger partial charge is 0.465 e. The predicted molar refractivity (Wildman–Crippen MR) is 90.2 cm³/mol. The molecule has 0 radical (unpaired) electrons. The van der Waals surface area contributed by atoms with E-state index in [-0.39, 0.29) is 5.97 Å². The van der Waals surface area contributed by atoms with E-state index >= 15 is 0 Å². The first-order valence-corrected chi connectivity index (χ1v) is 8.76. The molecular weight excluding hydrogens is 334 g/mol. The summed E-state index contributed by atoms with van der Waals surface area (Å²) in [6.45, 7) is 2.84. The molecule has 3 aromatic heterocycles. The molecule has 0 saturated heterocycles. The number of anilines is 1. The van der Waals surface area contributed by atoms with Gasteiger partial charge in [-0.3, -0.25) is 0 Å². The highest BCUT2D eigenvalue weighted by Crippen LogP contribution is 2.28. The molecule has 0 amide bonds. The third kappa shape index (κ3) is 3.45. The summed E-state index contributed by atoms with van der Waals surface area (Å²) in [6, 6.07) is 3.50. The van der Waals surface area contributed by atoms with Gasteiger partial charge in [-0.2, -0.15) is 0 Å². The van der Waals surface area contributed by atoms with Gasteiger partial charge in [0.15, 0.2) is 9.99 Å². The molecule has 3 aromatic rings. The number of fused-ring (bicyclic) bond motifs is 1. The van der Waals surface area contributed by atoms with E-state index in [9.17, 15) is 4.79 Å². The standard InChI is InChI=1S/C14H15N5O2S2/c1-3-15-13-17-18-14(23-13)22-8-9-7-19-6-4-5-10(11(19)16-9)12(20)21-2/h4-7H,3,8H2,1-2H3,(H,15,17).